The van der Waals surface area contributed by atoms with Crippen molar-refractivity contribution in [2.45, 2.75) is 52.1 Å². The first kappa shape index (κ1) is 17.0. The number of hydrogen-bond donors (Lipinski definition) is 2. The lowest BCUT2D eigenvalue weighted by Gasteiger charge is -2.15. The molecule has 2 rings (SSSR count). The van der Waals surface area contributed by atoms with Crippen LogP contribution in [0.5, 0.6) is 0 Å². The molecule has 1 atom stereocenters. The summed E-state index contributed by atoms with van der Waals surface area (Å²) in [5, 5.41) is 6.41. The lowest BCUT2D eigenvalue weighted by molar-refractivity contribution is -0.116. The fourth-order valence-electron chi connectivity index (χ4n) is 2.88. The molecule has 4 nitrogen and oxygen atoms in total. The van der Waals surface area contributed by atoms with Crippen molar-refractivity contribution in [3.05, 3.63) is 29.3 Å². The Morgan fingerprint density at radius 2 is 2.00 bits per heavy atom. The zero-order valence-electron chi connectivity index (χ0n) is 13.8. The van der Waals surface area contributed by atoms with E-state index in [9.17, 15) is 4.79 Å². The molecule has 1 amide bonds. The van der Waals surface area contributed by atoms with Gasteiger partial charge in [-0.25, -0.2) is 0 Å². The van der Waals surface area contributed by atoms with Gasteiger partial charge < -0.3 is 15.4 Å². The van der Waals surface area contributed by atoms with Crippen LogP contribution in [0.2, 0.25) is 0 Å². The molecule has 1 saturated heterocycles. The van der Waals surface area contributed by atoms with Gasteiger partial charge in [-0.05, 0) is 36.8 Å². The van der Waals surface area contributed by atoms with Crippen LogP contribution in [-0.4, -0.2) is 31.7 Å². The molecule has 0 saturated carbocycles. The number of hydrogen-bond acceptors (Lipinski definition) is 3. The van der Waals surface area contributed by atoms with Crippen molar-refractivity contribution < 1.29 is 9.53 Å². The smallest absolute Gasteiger partial charge is 0.225 e. The molecular weight excluding hydrogens is 276 g/mol. The van der Waals surface area contributed by atoms with Crippen molar-refractivity contribution in [1.82, 2.24) is 5.32 Å². The number of benzene rings is 1. The van der Waals surface area contributed by atoms with E-state index in [1.165, 1.54) is 11.1 Å². The van der Waals surface area contributed by atoms with Gasteiger partial charge in [-0.2, -0.15) is 0 Å². The van der Waals surface area contributed by atoms with Gasteiger partial charge in [0.25, 0.3) is 0 Å². The van der Waals surface area contributed by atoms with Gasteiger partial charge in [0.15, 0.2) is 0 Å². The van der Waals surface area contributed by atoms with Crippen LogP contribution in [0.3, 0.4) is 0 Å². The second kappa shape index (κ2) is 8.91. The van der Waals surface area contributed by atoms with Gasteiger partial charge in [0.2, 0.25) is 5.91 Å². The van der Waals surface area contributed by atoms with Crippen molar-refractivity contribution in [3.63, 3.8) is 0 Å². The summed E-state index contributed by atoms with van der Waals surface area (Å²) in [5.74, 6) is 0.0791. The van der Waals surface area contributed by atoms with Gasteiger partial charge >= 0.3 is 0 Å². The molecular formula is C18H28N2O2. The van der Waals surface area contributed by atoms with Crippen LogP contribution in [0.1, 0.15) is 44.2 Å². The van der Waals surface area contributed by atoms with E-state index in [1.807, 2.05) is 0 Å². The molecule has 4 heteroatoms. The number of rotatable bonds is 8. The summed E-state index contributed by atoms with van der Waals surface area (Å²) in [4.78, 5) is 12.2. The molecule has 1 heterocycles. The lowest BCUT2D eigenvalue weighted by Crippen LogP contribution is -2.29. The standard InChI is InChI=1S/C18H28N2O2/c1-3-14-7-5-8-15(4-2)18(14)20-17(21)10-11-19-13-16-9-6-12-22-16/h5,7-8,16,19H,3-4,6,9-13H2,1-2H3,(H,20,21). The summed E-state index contributed by atoms with van der Waals surface area (Å²) >= 11 is 0. The van der Waals surface area contributed by atoms with Crippen LogP contribution in [0.25, 0.3) is 0 Å². The van der Waals surface area contributed by atoms with E-state index in [-0.39, 0.29) is 5.91 Å². The minimum absolute atomic E-state index is 0.0791. The van der Waals surface area contributed by atoms with Crippen LogP contribution in [0, 0.1) is 0 Å². The predicted molar refractivity (Wildman–Crippen MR) is 90.3 cm³/mol. The molecule has 22 heavy (non-hydrogen) atoms. The number of para-hydroxylation sites is 1. The Kier molecular flexibility index (Phi) is 6.87. The quantitative estimate of drug-likeness (QED) is 0.726. The maximum atomic E-state index is 12.2. The van der Waals surface area contributed by atoms with Crippen molar-refractivity contribution in [2.75, 3.05) is 25.0 Å². The van der Waals surface area contributed by atoms with Gasteiger partial charge in [-0.15, -0.1) is 0 Å². The topological polar surface area (TPSA) is 50.4 Å². The minimum Gasteiger partial charge on any atom is -0.377 e. The Balaban J connectivity index is 1.78. The molecule has 0 aromatic heterocycles. The largest absolute Gasteiger partial charge is 0.377 e. The Hall–Kier alpha value is -1.39. The van der Waals surface area contributed by atoms with Crippen LogP contribution in [-0.2, 0) is 22.4 Å². The zero-order chi connectivity index (χ0) is 15.8. The van der Waals surface area contributed by atoms with E-state index >= 15 is 0 Å². The molecule has 0 radical (unpaired) electrons. The van der Waals surface area contributed by atoms with E-state index in [1.54, 1.807) is 0 Å². The highest BCUT2D eigenvalue weighted by molar-refractivity contribution is 5.92. The molecule has 1 aliphatic heterocycles. The van der Waals surface area contributed by atoms with E-state index in [2.05, 4.69) is 42.7 Å². The molecule has 1 aromatic carbocycles. The second-order valence-electron chi connectivity index (χ2n) is 5.80. The van der Waals surface area contributed by atoms with Crippen LogP contribution in [0.15, 0.2) is 18.2 Å². The Morgan fingerprint density at radius 3 is 2.59 bits per heavy atom. The third-order valence-electron chi connectivity index (χ3n) is 4.19. The Morgan fingerprint density at radius 1 is 1.27 bits per heavy atom. The van der Waals surface area contributed by atoms with E-state index < -0.39 is 0 Å². The van der Waals surface area contributed by atoms with Gasteiger partial charge in [0.1, 0.15) is 0 Å². The van der Waals surface area contributed by atoms with Gasteiger partial charge in [-0.1, -0.05) is 32.0 Å². The lowest BCUT2D eigenvalue weighted by atomic mass is 10.0. The number of nitrogens with one attached hydrogen (secondary N) is 2. The third-order valence-corrected chi connectivity index (χ3v) is 4.19. The van der Waals surface area contributed by atoms with Crippen molar-refractivity contribution in [1.29, 1.82) is 0 Å². The third kappa shape index (κ3) is 4.82. The molecule has 1 fully saturated rings. The van der Waals surface area contributed by atoms with E-state index in [0.29, 0.717) is 19.1 Å². The molecule has 1 aliphatic rings. The fraction of sp³-hybridized carbons (Fsp3) is 0.611. The van der Waals surface area contributed by atoms with E-state index in [0.717, 1.165) is 44.5 Å². The highest BCUT2D eigenvalue weighted by atomic mass is 16.5. The highest BCUT2D eigenvalue weighted by Crippen LogP contribution is 2.22. The van der Waals surface area contributed by atoms with E-state index in [4.69, 9.17) is 4.74 Å². The molecule has 0 aliphatic carbocycles. The summed E-state index contributed by atoms with van der Waals surface area (Å²) in [5.41, 5.74) is 3.43. The number of anilines is 1. The van der Waals surface area contributed by atoms with Gasteiger partial charge in [-0.3, -0.25) is 4.79 Å². The first-order chi connectivity index (χ1) is 10.7. The molecule has 1 unspecified atom stereocenters. The summed E-state index contributed by atoms with van der Waals surface area (Å²) < 4.78 is 5.55. The van der Waals surface area contributed by atoms with Gasteiger partial charge in [0, 0.05) is 31.8 Å². The second-order valence-corrected chi connectivity index (χ2v) is 5.80. The summed E-state index contributed by atoms with van der Waals surface area (Å²) in [6.07, 6.45) is 4.97. The fourth-order valence-corrected chi connectivity index (χ4v) is 2.88. The molecule has 2 N–H and O–H groups in total. The molecule has 1 aromatic rings. The average molecular weight is 304 g/mol. The van der Waals surface area contributed by atoms with Crippen LogP contribution < -0.4 is 10.6 Å². The Bertz CT molecular complexity index is 460. The summed E-state index contributed by atoms with van der Waals surface area (Å²) in [6, 6.07) is 6.24. The molecule has 0 spiro atoms. The number of carbonyl (C=O) groups is 1. The molecule has 122 valence electrons. The first-order valence-corrected chi connectivity index (χ1v) is 8.47. The Labute approximate surface area is 133 Å². The maximum absolute atomic E-state index is 12.2. The normalized spacial score (nSPS) is 17.6. The minimum atomic E-state index is 0.0791. The monoisotopic (exact) mass is 304 g/mol. The SMILES string of the molecule is CCc1cccc(CC)c1NC(=O)CCNCC1CCCO1. The van der Waals surface area contributed by atoms with Gasteiger partial charge in [0.05, 0.1) is 6.10 Å². The number of carbonyl (C=O) groups excluding carboxylic acids is 1. The number of aryl methyl sites for hydroxylation is 2. The maximum Gasteiger partial charge on any atom is 0.225 e. The zero-order valence-corrected chi connectivity index (χ0v) is 13.8. The predicted octanol–water partition coefficient (Wildman–Crippen LogP) is 2.91. The highest BCUT2D eigenvalue weighted by Gasteiger charge is 2.15. The van der Waals surface area contributed by atoms with Crippen LogP contribution >= 0.6 is 0 Å². The number of ether oxygens (including phenoxy) is 1. The average Bonchev–Trinajstić information content (AvgIpc) is 3.05. The van der Waals surface area contributed by atoms with Crippen molar-refractivity contribution >= 4 is 11.6 Å². The molecule has 0 bridgehead atoms. The number of amides is 1. The van der Waals surface area contributed by atoms with Crippen LogP contribution in [0.4, 0.5) is 5.69 Å². The summed E-state index contributed by atoms with van der Waals surface area (Å²) in [6.45, 7) is 6.65. The summed E-state index contributed by atoms with van der Waals surface area (Å²) in [7, 11) is 0. The van der Waals surface area contributed by atoms with Crippen molar-refractivity contribution in [3.8, 4) is 0 Å². The van der Waals surface area contributed by atoms with Crippen molar-refractivity contribution in [2.24, 2.45) is 0 Å². The first-order valence-electron chi connectivity index (χ1n) is 8.47.